The quantitative estimate of drug-likeness (QED) is 0.786. The smallest absolute Gasteiger partial charge is 0.279 e. The zero-order chi connectivity index (χ0) is 17.0. The number of aromatic nitrogens is 2. The van der Waals surface area contributed by atoms with Gasteiger partial charge in [-0.15, -0.1) is 11.8 Å². The van der Waals surface area contributed by atoms with Crippen molar-refractivity contribution in [2.75, 3.05) is 25.2 Å². The number of nitrogens with zero attached hydrogens (tertiary/aromatic N) is 2. The molecule has 1 atom stereocenters. The van der Waals surface area contributed by atoms with Crippen molar-refractivity contribution in [2.45, 2.75) is 25.3 Å². The van der Waals surface area contributed by atoms with Gasteiger partial charge in [-0.05, 0) is 32.2 Å². The number of thioether (sulfide) groups is 1. The van der Waals surface area contributed by atoms with Crippen LogP contribution in [0.3, 0.4) is 0 Å². The van der Waals surface area contributed by atoms with Crippen LogP contribution in [0.4, 0.5) is 5.69 Å². The van der Waals surface area contributed by atoms with Crippen molar-refractivity contribution < 1.29 is 9.69 Å². The standard InChI is InChI=1S/C17H24N4OS/c1-12-17(13(2)21(4)19-12)18-16(22)11-20(3)10-14-6-8-15(23-5)9-7-14/h6-9H,10-11H2,1-5H3,(H,18,22)/p+1. The van der Waals surface area contributed by atoms with Crippen molar-refractivity contribution in [1.29, 1.82) is 0 Å². The second kappa shape index (κ2) is 7.66. The molecule has 1 heterocycles. The van der Waals surface area contributed by atoms with Gasteiger partial charge in [-0.3, -0.25) is 9.48 Å². The summed E-state index contributed by atoms with van der Waals surface area (Å²) >= 11 is 1.73. The Bertz CT molecular complexity index is 679. The summed E-state index contributed by atoms with van der Waals surface area (Å²) in [7, 11) is 3.92. The van der Waals surface area contributed by atoms with Crippen molar-refractivity contribution >= 4 is 23.4 Å². The Morgan fingerprint density at radius 2 is 1.96 bits per heavy atom. The van der Waals surface area contributed by atoms with E-state index in [9.17, 15) is 4.79 Å². The van der Waals surface area contributed by atoms with Crippen LogP contribution >= 0.6 is 11.8 Å². The minimum absolute atomic E-state index is 0.0161. The molecule has 0 fully saturated rings. The molecule has 2 N–H and O–H groups in total. The van der Waals surface area contributed by atoms with E-state index in [1.807, 2.05) is 27.9 Å². The first-order valence-electron chi connectivity index (χ1n) is 7.65. The first kappa shape index (κ1) is 17.6. The SMILES string of the molecule is CSc1ccc(C[NH+](C)CC(=O)Nc2c(C)nn(C)c2C)cc1. The largest absolute Gasteiger partial charge is 0.326 e. The summed E-state index contributed by atoms with van der Waals surface area (Å²) < 4.78 is 1.79. The molecular formula is C17H25N4OS+. The predicted molar refractivity (Wildman–Crippen MR) is 95.0 cm³/mol. The van der Waals surface area contributed by atoms with Crippen LogP contribution in [0.1, 0.15) is 17.0 Å². The molecule has 0 bridgehead atoms. The van der Waals surface area contributed by atoms with Gasteiger partial charge in [0.1, 0.15) is 6.54 Å². The lowest BCUT2D eigenvalue weighted by Crippen LogP contribution is -3.08. The summed E-state index contributed by atoms with van der Waals surface area (Å²) in [6, 6.07) is 8.50. The van der Waals surface area contributed by atoms with Crippen LogP contribution in [0.25, 0.3) is 0 Å². The first-order valence-corrected chi connectivity index (χ1v) is 8.87. The molecule has 1 aromatic heterocycles. The van der Waals surface area contributed by atoms with Gasteiger partial charge in [0.15, 0.2) is 6.54 Å². The number of likely N-dealkylation sites (N-methyl/N-ethyl adjacent to an activating group) is 1. The number of rotatable bonds is 6. The fourth-order valence-corrected chi connectivity index (χ4v) is 2.97. The summed E-state index contributed by atoms with van der Waals surface area (Å²) in [6.45, 7) is 5.12. The molecule has 1 amide bonds. The molecular weight excluding hydrogens is 308 g/mol. The Morgan fingerprint density at radius 1 is 1.30 bits per heavy atom. The summed E-state index contributed by atoms with van der Waals surface area (Å²) in [5, 5.41) is 7.31. The number of amides is 1. The number of carbonyl (C=O) groups is 1. The topological polar surface area (TPSA) is 51.4 Å². The molecule has 6 heteroatoms. The summed E-state index contributed by atoms with van der Waals surface area (Å²) in [6.07, 6.45) is 2.07. The zero-order valence-electron chi connectivity index (χ0n) is 14.4. The van der Waals surface area contributed by atoms with Crippen LogP contribution in [-0.2, 0) is 18.4 Å². The molecule has 5 nitrogen and oxygen atoms in total. The lowest BCUT2D eigenvalue weighted by molar-refractivity contribution is -0.885. The van der Waals surface area contributed by atoms with Crippen LogP contribution in [0.2, 0.25) is 0 Å². The fraction of sp³-hybridized carbons (Fsp3) is 0.412. The van der Waals surface area contributed by atoms with E-state index in [0.29, 0.717) is 6.54 Å². The molecule has 0 saturated carbocycles. The monoisotopic (exact) mass is 333 g/mol. The van der Waals surface area contributed by atoms with E-state index in [1.54, 1.807) is 16.4 Å². The molecule has 0 spiro atoms. The molecule has 0 saturated heterocycles. The molecule has 1 aromatic carbocycles. The summed E-state index contributed by atoms with van der Waals surface area (Å²) in [5.74, 6) is 0.0161. The predicted octanol–water partition coefficient (Wildman–Crippen LogP) is 1.41. The van der Waals surface area contributed by atoms with Gasteiger partial charge in [0.2, 0.25) is 0 Å². The number of carbonyl (C=O) groups excluding carboxylic acids is 1. The highest BCUT2D eigenvalue weighted by Gasteiger charge is 2.15. The molecule has 0 aliphatic rings. The lowest BCUT2D eigenvalue weighted by atomic mass is 10.2. The third-order valence-electron chi connectivity index (χ3n) is 3.90. The van der Waals surface area contributed by atoms with E-state index in [0.717, 1.165) is 28.5 Å². The highest BCUT2D eigenvalue weighted by Crippen LogP contribution is 2.17. The van der Waals surface area contributed by atoms with Crippen LogP contribution in [-0.4, -0.2) is 35.5 Å². The van der Waals surface area contributed by atoms with Gasteiger partial charge >= 0.3 is 0 Å². The van der Waals surface area contributed by atoms with Gasteiger partial charge in [-0.1, -0.05) is 12.1 Å². The van der Waals surface area contributed by atoms with Crippen LogP contribution in [0.15, 0.2) is 29.2 Å². The third-order valence-corrected chi connectivity index (χ3v) is 4.64. The highest BCUT2D eigenvalue weighted by molar-refractivity contribution is 7.98. The number of hydrogen-bond donors (Lipinski definition) is 2. The van der Waals surface area contributed by atoms with E-state index in [1.165, 1.54) is 10.5 Å². The number of quaternary nitrogens is 1. The van der Waals surface area contributed by atoms with Gasteiger partial charge in [0, 0.05) is 17.5 Å². The maximum Gasteiger partial charge on any atom is 0.279 e. The lowest BCUT2D eigenvalue weighted by Gasteiger charge is -2.14. The molecule has 0 radical (unpaired) electrons. The maximum absolute atomic E-state index is 12.3. The minimum Gasteiger partial charge on any atom is -0.326 e. The van der Waals surface area contributed by atoms with E-state index in [-0.39, 0.29) is 5.91 Å². The normalized spacial score (nSPS) is 12.2. The zero-order valence-corrected chi connectivity index (χ0v) is 15.3. The molecule has 2 rings (SSSR count). The molecule has 124 valence electrons. The Morgan fingerprint density at radius 3 is 2.48 bits per heavy atom. The number of benzene rings is 1. The first-order chi connectivity index (χ1) is 10.9. The molecule has 23 heavy (non-hydrogen) atoms. The Labute approximate surface area is 142 Å². The van der Waals surface area contributed by atoms with Gasteiger partial charge in [-0.25, -0.2) is 0 Å². The van der Waals surface area contributed by atoms with Gasteiger partial charge in [0.05, 0.1) is 24.1 Å². The highest BCUT2D eigenvalue weighted by atomic mass is 32.2. The molecule has 2 aromatic rings. The third kappa shape index (κ3) is 4.59. The Kier molecular flexibility index (Phi) is 5.85. The Hall–Kier alpha value is -1.79. The van der Waals surface area contributed by atoms with Gasteiger partial charge < -0.3 is 10.2 Å². The number of nitrogens with one attached hydrogen (secondary N) is 2. The van der Waals surface area contributed by atoms with E-state index in [2.05, 4.69) is 40.9 Å². The second-order valence-corrected chi connectivity index (χ2v) is 6.76. The number of hydrogen-bond acceptors (Lipinski definition) is 3. The fourth-order valence-electron chi connectivity index (χ4n) is 2.57. The Balaban J connectivity index is 1.91. The van der Waals surface area contributed by atoms with Crippen molar-refractivity contribution in [3.05, 3.63) is 41.2 Å². The summed E-state index contributed by atoms with van der Waals surface area (Å²) in [4.78, 5) is 14.7. The maximum atomic E-state index is 12.3. The summed E-state index contributed by atoms with van der Waals surface area (Å²) in [5.41, 5.74) is 3.89. The average Bonchev–Trinajstić information content (AvgIpc) is 2.74. The van der Waals surface area contributed by atoms with Crippen molar-refractivity contribution in [2.24, 2.45) is 7.05 Å². The van der Waals surface area contributed by atoms with Crippen molar-refractivity contribution in [3.8, 4) is 0 Å². The van der Waals surface area contributed by atoms with Gasteiger partial charge in [-0.2, -0.15) is 5.10 Å². The van der Waals surface area contributed by atoms with Gasteiger partial charge in [0.25, 0.3) is 5.91 Å². The van der Waals surface area contributed by atoms with E-state index in [4.69, 9.17) is 0 Å². The van der Waals surface area contributed by atoms with Crippen LogP contribution < -0.4 is 10.2 Å². The van der Waals surface area contributed by atoms with Crippen LogP contribution in [0, 0.1) is 13.8 Å². The molecule has 1 unspecified atom stereocenters. The van der Waals surface area contributed by atoms with Crippen molar-refractivity contribution in [3.63, 3.8) is 0 Å². The molecule has 0 aliphatic carbocycles. The average molecular weight is 333 g/mol. The number of aryl methyl sites for hydroxylation is 2. The van der Waals surface area contributed by atoms with E-state index < -0.39 is 0 Å². The van der Waals surface area contributed by atoms with Crippen LogP contribution in [0.5, 0.6) is 0 Å². The van der Waals surface area contributed by atoms with Crippen molar-refractivity contribution in [1.82, 2.24) is 9.78 Å². The minimum atomic E-state index is 0.0161. The van der Waals surface area contributed by atoms with E-state index >= 15 is 0 Å². The number of anilines is 1. The second-order valence-electron chi connectivity index (χ2n) is 5.88. The molecule has 0 aliphatic heterocycles.